The summed E-state index contributed by atoms with van der Waals surface area (Å²) in [5, 5.41) is 2.90. The van der Waals surface area contributed by atoms with Crippen molar-refractivity contribution in [1.29, 1.82) is 0 Å². The molecule has 20 heavy (non-hydrogen) atoms. The molecule has 2 rings (SSSR count). The lowest BCUT2D eigenvalue weighted by Crippen LogP contribution is -2.24. The molecule has 3 N–H and O–H groups in total. The van der Waals surface area contributed by atoms with E-state index in [2.05, 4.69) is 10.3 Å². The van der Waals surface area contributed by atoms with Crippen molar-refractivity contribution in [1.82, 2.24) is 10.3 Å². The summed E-state index contributed by atoms with van der Waals surface area (Å²) in [6.45, 7) is 2.60. The number of nitrogens with one attached hydrogen (secondary N) is 1. The average molecular weight is 287 g/mol. The van der Waals surface area contributed by atoms with Gasteiger partial charge in [0, 0.05) is 17.6 Å². The van der Waals surface area contributed by atoms with E-state index in [9.17, 15) is 4.79 Å². The van der Waals surface area contributed by atoms with Gasteiger partial charge in [0.25, 0.3) is 0 Å². The van der Waals surface area contributed by atoms with Crippen LogP contribution >= 0.6 is 11.8 Å². The van der Waals surface area contributed by atoms with Crippen molar-refractivity contribution in [3.63, 3.8) is 0 Å². The summed E-state index contributed by atoms with van der Waals surface area (Å²) in [7, 11) is 0. The molecule has 0 atom stereocenters. The highest BCUT2D eigenvalue weighted by atomic mass is 32.2. The van der Waals surface area contributed by atoms with Gasteiger partial charge >= 0.3 is 0 Å². The number of benzene rings is 1. The van der Waals surface area contributed by atoms with Gasteiger partial charge in [-0.2, -0.15) is 0 Å². The highest BCUT2D eigenvalue weighted by Crippen LogP contribution is 2.16. The normalized spacial score (nSPS) is 10.2. The molecule has 0 saturated heterocycles. The predicted octanol–water partition coefficient (Wildman–Crippen LogP) is 2.38. The lowest BCUT2D eigenvalue weighted by Gasteiger charge is -2.06. The molecular formula is C15H17N3OS. The Morgan fingerprint density at radius 2 is 2.00 bits per heavy atom. The van der Waals surface area contributed by atoms with Crippen LogP contribution in [0.25, 0.3) is 0 Å². The van der Waals surface area contributed by atoms with Gasteiger partial charge in [-0.1, -0.05) is 29.8 Å². The van der Waals surface area contributed by atoms with Gasteiger partial charge in [-0.25, -0.2) is 4.98 Å². The van der Waals surface area contributed by atoms with Gasteiger partial charge in [0.05, 0.1) is 5.75 Å². The monoisotopic (exact) mass is 287 g/mol. The number of anilines is 1. The van der Waals surface area contributed by atoms with E-state index in [1.165, 1.54) is 17.3 Å². The Morgan fingerprint density at radius 1 is 1.25 bits per heavy atom. The first-order valence-corrected chi connectivity index (χ1v) is 7.28. The molecule has 0 aliphatic carbocycles. The largest absolute Gasteiger partial charge is 0.384 e. The standard InChI is InChI=1S/C15H17N3OS/c1-11-2-4-12(5-3-11)8-18-15(19)10-20-13-6-7-14(16)17-9-13/h2-7,9H,8,10H2,1H3,(H2,16,17)(H,18,19). The number of aromatic nitrogens is 1. The third-order valence-corrected chi connectivity index (χ3v) is 3.72. The molecule has 1 heterocycles. The maximum atomic E-state index is 11.7. The van der Waals surface area contributed by atoms with E-state index in [-0.39, 0.29) is 5.91 Å². The first-order chi connectivity index (χ1) is 9.63. The van der Waals surface area contributed by atoms with Crippen LogP contribution in [0.15, 0.2) is 47.5 Å². The van der Waals surface area contributed by atoms with E-state index in [4.69, 9.17) is 5.73 Å². The number of thioether (sulfide) groups is 1. The summed E-state index contributed by atoms with van der Waals surface area (Å²) in [6, 6.07) is 11.7. The Hall–Kier alpha value is -2.01. The van der Waals surface area contributed by atoms with Crippen LogP contribution in [0, 0.1) is 6.92 Å². The Bertz CT molecular complexity index is 515. The fourth-order valence-corrected chi connectivity index (χ4v) is 2.27. The molecule has 1 aromatic carbocycles. The maximum Gasteiger partial charge on any atom is 0.230 e. The molecule has 0 bridgehead atoms. The summed E-state index contributed by atoms with van der Waals surface area (Å²) in [5.74, 6) is 0.864. The molecule has 0 unspecified atom stereocenters. The SMILES string of the molecule is Cc1ccc(CNC(=O)CSc2ccc(N)nc2)cc1. The van der Waals surface area contributed by atoms with Gasteiger partial charge in [-0.15, -0.1) is 11.8 Å². The summed E-state index contributed by atoms with van der Waals surface area (Å²) >= 11 is 1.44. The summed E-state index contributed by atoms with van der Waals surface area (Å²) in [5.41, 5.74) is 7.82. The van der Waals surface area contributed by atoms with Gasteiger partial charge in [0.2, 0.25) is 5.91 Å². The zero-order chi connectivity index (χ0) is 14.4. The van der Waals surface area contributed by atoms with E-state index < -0.39 is 0 Å². The van der Waals surface area contributed by atoms with E-state index in [1.54, 1.807) is 12.3 Å². The topological polar surface area (TPSA) is 68.0 Å². The Balaban J connectivity index is 1.75. The molecule has 1 aromatic heterocycles. The fourth-order valence-electron chi connectivity index (χ4n) is 1.58. The second kappa shape index (κ2) is 6.96. The number of nitrogen functional groups attached to an aromatic ring is 1. The van der Waals surface area contributed by atoms with Crippen molar-refractivity contribution in [2.24, 2.45) is 0 Å². The number of rotatable bonds is 5. The minimum Gasteiger partial charge on any atom is -0.384 e. The lowest BCUT2D eigenvalue weighted by molar-refractivity contribution is -0.118. The Kier molecular flexibility index (Phi) is 5.01. The second-order valence-electron chi connectivity index (χ2n) is 4.47. The molecule has 0 radical (unpaired) electrons. The minimum atomic E-state index is 0.00685. The van der Waals surface area contributed by atoms with E-state index >= 15 is 0 Å². The second-order valence-corrected chi connectivity index (χ2v) is 5.52. The summed E-state index contributed by atoms with van der Waals surface area (Å²) < 4.78 is 0. The number of amides is 1. The molecule has 104 valence electrons. The maximum absolute atomic E-state index is 11.7. The molecule has 4 nitrogen and oxygen atoms in total. The number of pyridine rings is 1. The van der Waals surface area contributed by atoms with Gasteiger partial charge in [-0.3, -0.25) is 4.79 Å². The van der Waals surface area contributed by atoms with Crippen molar-refractivity contribution in [2.75, 3.05) is 11.5 Å². The molecule has 2 aromatic rings. The minimum absolute atomic E-state index is 0.00685. The van der Waals surface area contributed by atoms with Crippen molar-refractivity contribution in [2.45, 2.75) is 18.4 Å². The first-order valence-electron chi connectivity index (χ1n) is 6.30. The first kappa shape index (κ1) is 14.4. The van der Waals surface area contributed by atoms with Gasteiger partial charge in [-0.05, 0) is 24.6 Å². The van der Waals surface area contributed by atoms with E-state index in [0.717, 1.165) is 10.5 Å². The predicted molar refractivity (Wildman–Crippen MR) is 82.4 cm³/mol. The number of carbonyl (C=O) groups excluding carboxylic acids is 1. The molecule has 1 amide bonds. The number of aryl methyl sites for hydroxylation is 1. The zero-order valence-electron chi connectivity index (χ0n) is 11.3. The summed E-state index contributed by atoms with van der Waals surface area (Å²) in [4.78, 5) is 16.7. The van der Waals surface area contributed by atoms with Crippen LogP contribution in [0.4, 0.5) is 5.82 Å². The number of hydrogen-bond acceptors (Lipinski definition) is 4. The van der Waals surface area contributed by atoms with Crippen LogP contribution in [-0.2, 0) is 11.3 Å². The highest BCUT2D eigenvalue weighted by molar-refractivity contribution is 8.00. The Morgan fingerprint density at radius 3 is 2.65 bits per heavy atom. The smallest absolute Gasteiger partial charge is 0.230 e. The molecule has 0 saturated carbocycles. The van der Waals surface area contributed by atoms with E-state index in [1.807, 2.05) is 37.3 Å². The molecule has 0 fully saturated rings. The summed E-state index contributed by atoms with van der Waals surface area (Å²) in [6.07, 6.45) is 1.67. The third kappa shape index (κ3) is 4.59. The average Bonchev–Trinajstić information content (AvgIpc) is 2.46. The van der Waals surface area contributed by atoms with Crippen LogP contribution in [0.1, 0.15) is 11.1 Å². The van der Waals surface area contributed by atoms with Gasteiger partial charge in [0.15, 0.2) is 0 Å². The number of nitrogens with two attached hydrogens (primary N) is 1. The van der Waals surface area contributed by atoms with Crippen molar-refractivity contribution in [3.05, 3.63) is 53.7 Å². The van der Waals surface area contributed by atoms with Crippen LogP contribution < -0.4 is 11.1 Å². The fraction of sp³-hybridized carbons (Fsp3) is 0.200. The van der Waals surface area contributed by atoms with Crippen LogP contribution in [-0.4, -0.2) is 16.6 Å². The third-order valence-electron chi connectivity index (χ3n) is 2.74. The van der Waals surface area contributed by atoms with Crippen molar-refractivity contribution in [3.8, 4) is 0 Å². The number of carbonyl (C=O) groups is 1. The van der Waals surface area contributed by atoms with Crippen LogP contribution in [0.5, 0.6) is 0 Å². The quantitative estimate of drug-likeness (QED) is 0.829. The zero-order valence-corrected chi connectivity index (χ0v) is 12.1. The Labute approximate surface area is 122 Å². The molecule has 5 heteroatoms. The van der Waals surface area contributed by atoms with E-state index in [0.29, 0.717) is 18.1 Å². The van der Waals surface area contributed by atoms with Gasteiger partial charge in [0.1, 0.15) is 5.82 Å². The van der Waals surface area contributed by atoms with Crippen LogP contribution in [0.2, 0.25) is 0 Å². The van der Waals surface area contributed by atoms with Gasteiger partial charge < -0.3 is 11.1 Å². The molecule has 0 aliphatic rings. The molecule has 0 aliphatic heterocycles. The highest BCUT2D eigenvalue weighted by Gasteiger charge is 2.03. The van der Waals surface area contributed by atoms with Crippen molar-refractivity contribution >= 4 is 23.5 Å². The molecule has 0 spiro atoms. The molecular weight excluding hydrogens is 270 g/mol. The van der Waals surface area contributed by atoms with Crippen LogP contribution in [0.3, 0.4) is 0 Å². The number of nitrogens with zero attached hydrogens (tertiary/aromatic N) is 1. The number of hydrogen-bond donors (Lipinski definition) is 2. The lowest BCUT2D eigenvalue weighted by atomic mass is 10.1. The van der Waals surface area contributed by atoms with Crippen molar-refractivity contribution < 1.29 is 4.79 Å².